The van der Waals surface area contributed by atoms with Crippen LogP contribution in [0.15, 0.2) is 41.0 Å². The van der Waals surface area contributed by atoms with Gasteiger partial charge in [-0.25, -0.2) is 0 Å². The number of furan rings is 1. The van der Waals surface area contributed by atoms with E-state index in [1.807, 2.05) is 18.2 Å². The molecule has 3 nitrogen and oxygen atoms in total. The number of ether oxygens (including phenoxy) is 1. The molecule has 0 aliphatic carbocycles. The Kier molecular flexibility index (Phi) is 5.07. The molecule has 3 heteroatoms. The van der Waals surface area contributed by atoms with Crippen LogP contribution in [0, 0.1) is 0 Å². The van der Waals surface area contributed by atoms with Gasteiger partial charge in [0, 0.05) is 11.1 Å². The number of nitrogens with one attached hydrogen (secondary N) is 1. The van der Waals surface area contributed by atoms with E-state index in [2.05, 4.69) is 45.1 Å². The standard InChI is InChI=1S/C18H25NO2/c1-5-14-6-8-16(9-7-14)21-13-15-10-11-20-17(15)12-19-18(2,3)4/h6-11,19H,5,12-13H2,1-4H3. The summed E-state index contributed by atoms with van der Waals surface area (Å²) in [4.78, 5) is 0. The first-order chi connectivity index (χ1) is 9.98. The molecular formula is C18H25NO2. The molecule has 0 aliphatic rings. The van der Waals surface area contributed by atoms with Crippen LogP contribution in [-0.2, 0) is 19.6 Å². The molecule has 0 spiro atoms. The molecule has 1 heterocycles. The maximum absolute atomic E-state index is 5.83. The van der Waals surface area contributed by atoms with Gasteiger partial charge in [0.15, 0.2) is 0 Å². The number of aryl methyl sites for hydroxylation is 1. The van der Waals surface area contributed by atoms with Crippen molar-refractivity contribution >= 4 is 0 Å². The minimum absolute atomic E-state index is 0.0703. The summed E-state index contributed by atoms with van der Waals surface area (Å²) in [6.45, 7) is 9.81. The summed E-state index contributed by atoms with van der Waals surface area (Å²) >= 11 is 0. The third-order valence-corrected chi connectivity index (χ3v) is 3.34. The first kappa shape index (κ1) is 15.6. The summed E-state index contributed by atoms with van der Waals surface area (Å²) in [5, 5.41) is 3.43. The van der Waals surface area contributed by atoms with Gasteiger partial charge in [-0.1, -0.05) is 19.1 Å². The number of hydrogen-bond acceptors (Lipinski definition) is 3. The third-order valence-electron chi connectivity index (χ3n) is 3.34. The molecule has 0 amide bonds. The van der Waals surface area contributed by atoms with Crippen molar-refractivity contribution in [3.05, 3.63) is 53.5 Å². The molecule has 2 aromatic rings. The molecule has 0 radical (unpaired) electrons. The van der Waals surface area contributed by atoms with Crippen LogP contribution >= 0.6 is 0 Å². The second-order valence-corrected chi connectivity index (χ2v) is 6.26. The van der Waals surface area contributed by atoms with E-state index >= 15 is 0 Å². The Morgan fingerprint density at radius 3 is 2.43 bits per heavy atom. The van der Waals surface area contributed by atoms with Crippen LogP contribution in [0.1, 0.15) is 44.6 Å². The van der Waals surface area contributed by atoms with Crippen LogP contribution in [0.2, 0.25) is 0 Å². The van der Waals surface area contributed by atoms with E-state index in [4.69, 9.17) is 9.15 Å². The average molecular weight is 287 g/mol. The third kappa shape index (κ3) is 4.94. The fraction of sp³-hybridized carbons (Fsp3) is 0.444. The van der Waals surface area contributed by atoms with Crippen LogP contribution in [0.25, 0.3) is 0 Å². The molecule has 0 atom stereocenters. The molecule has 114 valence electrons. The predicted octanol–water partition coefficient (Wildman–Crippen LogP) is 4.31. The molecule has 1 N–H and O–H groups in total. The molecule has 0 saturated carbocycles. The Morgan fingerprint density at radius 1 is 1.10 bits per heavy atom. The summed E-state index contributed by atoms with van der Waals surface area (Å²) < 4.78 is 11.4. The van der Waals surface area contributed by atoms with Gasteiger partial charge in [-0.05, 0) is 51.0 Å². The van der Waals surface area contributed by atoms with Gasteiger partial charge in [-0.15, -0.1) is 0 Å². The van der Waals surface area contributed by atoms with E-state index in [1.54, 1.807) is 6.26 Å². The largest absolute Gasteiger partial charge is 0.489 e. The van der Waals surface area contributed by atoms with E-state index in [-0.39, 0.29) is 5.54 Å². The van der Waals surface area contributed by atoms with E-state index < -0.39 is 0 Å². The minimum Gasteiger partial charge on any atom is -0.489 e. The number of benzene rings is 1. The van der Waals surface area contributed by atoms with Crippen molar-refractivity contribution in [1.82, 2.24) is 5.32 Å². The predicted molar refractivity (Wildman–Crippen MR) is 85.5 cm³/mol. The number of hydrogen-bond donors (Lipinski definition) is 1. The molecule has 2 rings (SSSR count). The summed E-state index contributed by atoms with van der Waals surface area (Å²) in [7, 11) is 0. The van der Waals surface area contributed by atoms with Gasteiger partial charge in [0.25, 0.3) is 0 Å². The highest BCUT2D eigenvalue weighted by molar-refractivity contribution is 5.28. The van der Waals surface area contributed by atoms with Gasteiger partial charge in [0.2, 0.25) is 0 Å². The molecular weight excluding hydrogens is 262 g/mol. The van der Waals surface area contributed by atoms with Crippen molar-refractivity contribution < 1.29 is 9.15 Å². The van der Waals surface area contributed by atoms with Crippen molar-refractivity contribution in [2.75, 3.05) is 0 Å². The van der Waals surface area contributed by atoms with Crippen molar-refractivity contribution in [2.45, 2.75) is 52.8 Å². The van der Waals surface area contributed by atoms with Crippen LogP contribution < -0.4 is 10.1 Å². The second-order valence-electron chi connectivity index (χ2n) is 6.26. The molecule has 0 unspecified atom stereocenters. The maximum Gasteiger partial charge on any atom is 0.124 e. The van der Waals surface area contributed by atoms with Gasteiger partial charge in [-0.3, -0.25) is 0 Å². The lowest BCUT2D eigenvalue weighted by molar-refractivity contribution is 0.299. The van der Waals surface area contributed by atoms with Crippen LogP contribution in [-0.4, -0.2) is 5.54 Å². The van der Waals surface area contributed by atoms with Crippen molar-refractivity contribution in [3.63, 3.8) is 0 Å². The quantitative estimate of drug-likeness (QED) is 0.859. The number of rotatable bonds is 6. The zero-order chi connectivity index (χ0) is 15.3. The molecule has 1 aromatic carbocycles. The average Bonchev–Trinajstić information content (AvgIpc) is 2.90. The Hall–Kier alpha value is -1.74. The Morgan fingerprint density at radius 2 is 1.81 bits per heavy atom. The minimum atomic E-state index is 0.0703. The first-order valence-electron chi connectivity index (χ1n) is 7.50. The normalized spacial score (nSPS) is 11.6. The van der Waals surface area contributed by atoms with Crippen molar-refractivity contribution in [3.8, 4) is 5.75 Å². The van der Waals surface area contributed by atoms with Gasteiger partial charge in [0.1, 0.15) is 18.1 Å². The van der Waals surface area contributed by atoms with Gasteiger partial charge in [0.05, 0.1) is 12.8 Å². The highest BCUT2D eigenvalue weighted by atomic mass is 16.5. The SMILES string of the molecule is CCc1ccc(OCc2ccoc2CNC(C)(C)C)cc1. The lowest BCUT2D eigenvalue weighted by Gasteiger charge is -2.20. The first-order valence-corrected chi connectivity index (χ1v) is 7.50. The van der Waals surface area contributed by atoms with E-state index in [9.17, 15) is 0 Å². The Labute approximate surface area is 127 Å². The van der Waals surface area contributed by atoms with E-state index in [0.717, 1.165) is 23.5 Å². The molecule has 0 fully saturated rings. The van der Waals surface area contributed by atoms with Gasteiger partial charge in [-0.2, -0.15) is 0 Å². The van der Waals surface area contributed by atoms with E-state index in [0.29, 0.717) is 13.2 Å². The molecule has 21 heavy (non-hydrogen) atoms. The van der Waals surface area contributed by atoms with Crippen LogP contribution in [0.3, 0.4) is 0 Å². The van der Waals surface area contributed by atoms with Crippen LogP contribution in [0.4, 0.5) is 0 Å². The Balaban J connectivity index is 1.92. The van der Waals surface area contributed by atoms with Gasteiger partial charge < -0.3 is 14.5 Å². The maximum atomic E-state index is 5.83. The van der Waals surface area contributed by atoms with E-state index in [1.165, 1.54) is 5.56 Å². The molecule has 0 bridgehead atoms. The van der Waals surface area contributed by atoms with Crippen molar-refractivity contribution in [1.29, 1.82) is 0 Å². The lowest BCUT2D eigenvalue weighted by Crippen LogP contribution is -2.35. The molecule has 0 aliphatic heterocycles. The lowest BCUT2D eigenvalue weighted by atomic mass is 10.1. The zero-order valence-corrected chi connectivity index (χ0v) is 13.4. The van der Waals surface area contributed by atoms with Crippen molar-refractivity contribution in [2.24, 2.45) is 0 Å². The molecule has 1 aromatic heterocycles. The summed E-state index contributed by atoms with van der Waals surface area (Å²) in [5.41, 5.74) is 2.48. The summed E-state index contributed by atoms with van der Waals surface area (Å²) in [5.74, 6) is 1.83. The highest BCUT2D eigenvalue weighted by Crippen LogP contribution is 2.17. The second kappa shape index (κ2) is 6.81. The molecule has 0 saturated heterocycles. The van der Waals surface area contributed by atoms with Crippen LogP contribution in [0.5, 0.6) is 5.75 Å². The zero-order valence-electron chi connectivity index (χ0n) is 13.4. The fourth-order valence-electron chi connectivity index (χ4n) is 1.98. The topological polar surface area (TPSA) is 34.4 Å². The monoisotopic (exact) mass is 287 g/mol. The Bertz CT molecular complexity index is 549. The van der Waals surface area contributed by atoms with Gasteiger partial charge >= 0.3 is 0 Å². The highest BCUT2D eigenvalue weighted by Gasteiger charge is 2.12. The summed E-state index contributed by atoms with van der Waals surface area (Å²) in [6.07, 6.45) is 2.77. The summed E-state index contributed by atoms with van der Waals surface area (Å²) in [6, 6.07) is 10.2. The smallest absolute Gasteiger partial charge is 0.124 e. The fourth-order valence-corrected chi connectivity index (χ4v) is 1.98.